The molecular weight excluding hydrogens is 301 g/mol. The monoisotopic (exact) mass is 315 g/mol. The average molecular weight is 315 g/mol. The number of pyridine rings is 1. The van der Waals surface area contributed by atoms with Crippen molar-refractivity contribution in [1.29, 1.82) is 0 Å². The van der Waals surface area contributed by atoms with Gasteiger partial charge in [-0.2, -0.15) is 0 Å². The normalized spacial score (nSPS) is 10.9. The number of amides is 1. The predicted octanol–water partition coefficient (Wildman–Crippen LogP) is 4.07. The summed E-state index contributed by atoms with van der Waals surface area (Å²) in [5.41, 5.74) is 5.23. The number of thiazole rings is 1. The molecule has 1 N–H and O–H groups in total. The van der Waals surface area contributed by atoms with Crippen molar-refractivity contribution in [2.75, 3.05) is 5.32 Å². The summed E-state index contributed by atoms with van der Waals surface area (Å²) in [6.07, 6.45) is 0. The third-order valence-corrected chi connectivity index (χ3v) is 4.34. The van der Waals surface area contributed by atoms with Crippen LogP contribution < -0.4 is 5.32 Å². The van der Waals surface area contributed by atoms with Gasteiger partial charge in [-0.1, -0.05) is 0 Å². The molecule has 3 aromatic rings. The third kappa shape index (κ3) is 2.57. The molecule has 0 aliphatic heterocycles. The lowest BCUT2D eigenvalue weighted by Gasteiger charge is -2.09. The first-order chi connectivity index (χ1) is 10.5. The van der Waals surface area contributed by atoms with Gasteiger partial charge in [0.25, 0.3) is 0 Å². The zero-order valence-electron chi connectivity index (χ0n) is 12.4. The highest BCUT2D eigenvalue weighted by atomic mass is 32.1. The molecule has 0 atom stereocenters. The number of aromatic nitrogens is 2. The summed E-state index contributed by atoms with van der Waals surface area (Å²) in [7, 11) is 0. The molecule has 0 aliphatic carbocycles. The Bertz CT molecular complexity index is 888. The van der Waals surface area contributed by atoms with E-state index in [0.29, 0.717) is 5.52 Å². The van der Waals surface area contributed by atoms with Crippen molar-refractivity contribution in [3.63, 3.8) is 0 Å². The number of hydrogen-bond donors (Lipinski definition) is 1. The van der Waals surface area contributed by atoms with E-state index in [0.717, 1.165) is 27.2 Å². The van der Waals surface area contributed by atoms with Crippen LogP contribution >= 0.6 is 11.3 Å². The average Bonchev–Trinajstić information content (AvgIpc) is 2.86. The number of nitrogens with zero attached hydrogens (tertiary/aromatic N) is 2. The minimum absolute atomic E-state index is 0.144. The summed E-state index contributed by atoms with van der Waals surface area (Å²) in [5.74, 6) is -0.779. The minimum atomic E-state index is -0.464. The van der Waals surface area contributed by atoms with Crippen molar-refractivity contribution in [2.24, 2.45) is 0 Å². The molecule has 0 radical (unpaired) electrons. The van der Waals surface area contributed by atoms with Crippen molar-refractivity contribution in [3.05, 3.63) is 40.8 Å². The maximum Gasteiger partial charge on any atom is 0.221 e. The fourth-order valence-electron chi connectivity index (χ4n) is 2.36. The van der Waals surface area contributed by atoms with E-state index in [9.17, 15) is 9.18 Å². The Kier molecular flexibility index (Phi) is 3.62. The molecule has 2 aromatic heterocycles. The molecule has 0 saturated carbocycles. The van der Waals surface area contributed by atoms with E-state index >= 15 is 0 Å². The van der Waals surface area contributed by atoms with E-state index in [1.807, 2.05) is 19.9 Å². The molecular formula is C16H14FN3OS. The molecule has 0 saturated heterocycles. The van der Waals surface area contributed by atoms with Gasteiger partial charge in [-0.25, -0.2) is 14.4 Å². The van der Waals surface area contributed by atoms with Gasteiger partial charge in [0.05, 0.1) is 33.0 Å². The fraction of sp³-hybridized carbons (Fsp3) is 0.188. The van der Waals surface area contributed by atoms with Gasteiger partial charge in [0.15, 0.2) is 0 Å². The Balaban J connectivity index is 2.21. The Morgan fingerprint density at radius 2 is 2.05 bits per heavy atom. The van der Waals surface area contributed by atoms with Gasteiger partial charge < -0.3 is 5.32 Å². The molecule has 1 aromatic carbocycles. The van der Waals surface area contributed by atoms with Crippen molar-refractivity contribution >= 4 is 33.8 Å². The SMILES string of the molecule is CC(=O)Nc1cc2nc(-c3scnc3C)cc(C)c2cc1F. The number of fused-ring (bicyclic) bond motifs is 1. The zero-order chi connectivity index (χ0) is 15.9. The Hall–Kier alpha value is -2.34. The van der Waals surface area contributed by atoms with Crippen LogP contribution in [0.25, 0.3) is 21.5 Å². The predicted molar refractivity (Wildman–Crippen MR) is 86.6 cm³/mol. The molecule has 0 aliphatic rings. The lowest BCUT2D eigenvalue weighted by atomic mass is 10.1. The van der Waals surface area contributed by atoms with Gasteiger partial charge in [0, 0.05) is 12.3 Å². The largest absolute Gasteiger partial charge is 0.324 e. The Morgan fingerprint density at radius 3 is 2.68 bits per heavy atom. The van der Waals surface area contributed by atoms with Crippen LogP contribution in [0.5, 0.6) is 0 Å². The number of carbonyl (C=O) groups excluding carboxylic acids is 1. The molecule has 0 fully saturated rings. The lowest BCUT2D eigenvalue weighted by molar-refractivity contribution is -0.114. The first-order valence-electron chi connectivity index (χ1n) is 6.74. The van der Waals surface area contributed by atoms with Crippen LogP contribution in [0.1, 0.15) is 18.2 Å². The number of halogens is 1. The maximum absolute atomic E-state index is 14.0. The van der Waals surface area contributed by atoms with Gasteiger partial charge in [-0.05, 0) is 37.6 Å². The lowest BCUT2D eigenvalue weighted by Crippen LogP contribution is -2.07. The zero-order valence-corrected chi connectivity index (χ0v) is 13.2. The second-order valence-corrected chi connectivity index (χ2v) is 5.98. The maximum atomic E-state index is 14.0. The van der Waals surface area contributed by atoms with Crippen LogP contribution in [-0.2, 0) is 4.79 Å². The summed E-state index contributed by atoms with van der Waals surface area (Å²) in [4.78, 5) is 21.0. The van der Waals surface area contributed by atoms with Crippen LogP contribution in [-0.4, -0.2) is 15.9 Å². The summed E-state index contributed by atoms with van der Waals surface area (Å²) in [5, 5.41) is 3.22. The van der Waals surface area contributed by atoms with Crippen LogP contribution in [0.2, 0.25) is 0 Å². The summed E-state index contributed by atoms with van der Waals surface area (Å²) in [6.45, 7) is 5.20. The van der Waals surface area contributed by atoms with E-state index in [4.69, 9.17) is 0 Å². The van der Waals surface area contributed by atoms with E-state index in [-0.39, 0.29) is 11.6 Å². The number of hydrogen-bond acceptors (Lipinski definition) is 4. The minimum Gasteiger partial charge on any atom is -0.324 e. The fourth-order valence-corrected chi connectivity index (χ4v) is 3.13. The third-order valence-electron chi connectivity index (χ3n) is 3.39. The van der Waals surface area contributed by atoms with E-state index in [1.54, 1.807) is 11.6 Å². The number of anilines is 1. The highest BCUT2D eigenvalue weighted by Gasteiger charge is 2.13. The first-order valence-corrected chi connectivity index (χ1v) is 7.62. The molecule has 6 heteroatoms. The molecule has 0 bridgehead atoms. The van der Waals surface area contributed by atoms with Gasteiger partial charge in [0.1, 0.15) is 5.82 Å². The standard InChI is InChI=1S/C16H14FN3OS/c1-8-4-15(16-9(2)18-7-22-16)20-13-6-14(19-10(3)21)12(17)5-11(8)13/h4-7H,1-3H3,(H,19,21). The highest BCUT2D eigenvalue weighted by Crippen LogP contribution is 2.31. The van der Waals surface area contributed by atoms with E-state index in [2.05, 4.69) is 15.3 Å². The van der Waals surface area contributed by atoms with Gasteiger partial charge >= 0.3 is 0 Å². The smallest absolute Gasteiger partial charge is 0.221 e. The number of rotatable bonds is 2. The van der Waals surface area contributed by atoms with Gasteiger partial charge in [0.2, 0.25) is 5.91 Å². The van der Waals surface area contributed by atoms with Crippen molar-refractivity contribution in [2.45, 2.75) is 20.8 Å². The Morgan fingerprint density at radius 1 is 1.27 bits per heavy atom. The number of aryl methyl sites for hydroxylation is 2. The molecule has 2 heterocycles. The van der Waals surface area contributed by atoms with E-state index in [1.165, 1.54) is 24.3 Å². The molecule has 112 valence electrons. The summed E-state index contributed by atoms with van der Waals surface area (Å²) >= 11 is 1.52. The number of benzene rings is 1. The highest BCUT2D eigenvalue weighted by molar-refractivity contribution is 7.13. The van der Waals surface area contributed by atoms with Crippen LogP contribution in [0.15, 0.2) is 23.7 Å². The molecule has 0 unspecified atom stereocenters. The van der Waals surface area contributed by atoms with Gasteiger partial charge in [-0.15, -0.1) is 11.3 Å². The van der Waals surface area contributed by atoms with Crippen molar-refractivity contribution in [1.82, 2.24) is 9.97 Å². The van der Waals surface area contributed by atoms with Crippen LogP contribution in [0, 0.1) is 19.7 Å². The first kappa shape index (κ1) is 14.6. The quantitative estimate of drug-likeness (QED) is 0.775. The molecule has 22 heavy (non-hydrogen) atoms. The van der Waals surface area contributed by atoms with Crippen LogP contribution in [0.4, 0.5) is 10.1 Å². The van der Waals surface area contributed by atoms with Crippen molar-refractivity contribution < 1.29 is 9.18 Å². The Labute approximate surface area is 131 Å². The summed E-state index contributed by atoms with van der Waals surface area (Å²) < 4.78 is 14.0. The van der Waals surface area contributed by atoms with Gasteiger partial charge in [-0.3, -0.25) is 4.79 Å². The molecule has 3 rings (SSSR count). The van der Waals surface area contributed by atoms with Crippen LogP contribution in [0.3, 0.4) is 0 Å². The molecule has 1 amide bonds. The summed E-state index contributed by atoms with van der Waals surface area (Å²) in [6, 6.07) is 4.91. The topological polar surface area (TPSA) is 54.9 Å². The number of nitrogens with one attached hydrogen (secondary N) is 1. The number of carbonyl (C=O) groups is 1. The molecule has 4 nitrogen and oxygen atoms in total. The van der Waals surface area contributed by atoms with Crippen molar-refractivity contribution in [3.8, 4) is 10.6 Å². The van der Waals surface area contributed by atoms with E-state index < -0.39 is 5.82 Å². The second-order valence-electron chi connectivity index (χ2n) is 5.12. The second kappa shape index (κ2) is 5.46. The molecule has 0 spiro atoms.